The number of rotatable bonds is 5. The molecule has 1 unspecified atom stereocenters. The molecule has 0 aliphatic carbocycles. The van der Waals surface area contributed by atoms with E-state index < -0.39 is 0 Å². The van der Waals surface area contributed by atoms with E-state index in [0.717, 1.165) is 11.6 Å². The molecule has 80 valence electrons. The van der Waals surface area contributed by atoms with Crippen LogP contribution in [0, 0.1) is 12.3 Å². The molecule has 0 heterocycles. The molecular weight excluding hydrogens is 226 g/mol. The van der Waals surface area contributed by atoms with Crippen molar-refractivity contribution in [3.63, 3.8) is 0 Å². The minimum Gasteiger partial charge on any atom is -0.305 e. The quantitative estimate of drug-likeness (QED) is 0.482. The Bertz CT molecular complexity index is 328. The van der Waals surface area contributed by atoms with E-state index in [2.05, 4.69) is 18.2 Å². The fourth-order valence-electron chi connectivity index (χ4n) is 1.13. The third-order valence-corrected chi connectivity index (χ3v) is 3.18. The van der Waals surface area contributed by atoms with Crippen LogP contribution in [0.1, 0.15) is 6.92 Å². The van der Waals surface area contributed by atoms with Gasteiger partial charge in [0, 0.05) is 21.7 Å². The second-order valence-corrected chi connectivity index (χ2v) is 5.17. The first kappa shape index (κ1) is 12.4. The highest BCUT2D eigenvalue weighted by molar-refractivity contribution is 8.00. The van der Waals surface area contributed by atoms with Crippen molar-refractivity contribution in [3.8, 4) is 12.3 Å². The molecule has 0 aliphatic rings. The Kier molecular flexibility index (Phi) is 5.63. The SMILES string of the molecule is C#CCNCC(C)Sc1ccc(Cl)cc1. The topological polar surface area (TPSA) is 12.0 Å². The molecule has 0 saturated heterocycles. The van der Waals surface area contributed by atoms with Crippen molar-refractivity contribution in [1.29, 1.82) is 0 Å². The molecule has 0 bridgehead atoms. The lowest BCUT2D eigenvalue weighted by Crippen LogP contribution is -2.22. The number of hydrogen-bond donors (Lipinski definition) is 1. The highest BCUT2D eigenvalue weighted by Crippen LogP contribution is 2.24. The smallest absolute Gasteiger partial charge is 0.0574 e. The van der Waals surface area contributed by atoms with Gasteiger partial charge in [0.05, 0.1) is 6.54 Å². The van der Waals surface area contributed by atoms with E-state index in [4.69, 9.17) is 18.0 Å². The van der Waals surface area contributed by atoms with Crippen LogP contribution in [0.25, 0.3) is 0 Å². The maximum absolute atomic E-state index is 5.81. The van der Waals surface area contributed by atoms with Crippen LogP contribution in [-0.2, 0) is 0 Å². The Hall–Kier alpha value is -0.620. The van der Waals surface area contributed by atoms with E-state index in [-0.39, 0.29) is 0 Å². The van der Waals surface area contributed by atoms with E-state index in [9.17, 15) is 0 Å². The van der Waals surface area contributed by atoms with Gasteiger partial charge in [0.25, 0.3) is 0 Å². The molecule has 3 heteroatoms. The van der Waals surface area contributed by atoms with Crippen LogP contribution in [0.5, 0.6) is 0 Å². The molecule has 1 nitrogen and oxygen atoms in total. The summed E-state index contributed by atoms with van der Waals surface area (Å²) in [7, 11) is 0. The van der Waals surface area contributed by atoms with Crippen molar-refractivity contribution in [2.75, 3.05) is 13.1 Å². The molecule has 1 N–H and O–H groups in total. The lowest BCUT2D eigenvalue weighted by Gasteiger charge is -2.10. The molecule has 0 amide bonds. The summed E-state index contributed by atoms with van der Waals surface area (Å²) in [6, 6.07) is 7.88. The summed E-state index contributed by atoms with van der Waals surface area (Å²) in [5, 5.41) is 4.46. The van der Waals surface area contributed by atoms with Gasteiger partial charge >= 0.3 is 0 Å². The van der Waals surface area contributed by atoms with E-state index in [0.29, 0.717) is 11.8 Å². The van der Waals surface area contributed by atoms with E-state index in [1.807, 2.05) is 36.0 Å². The number of thioether (sulfide) groups is 1. The molecule has 0 radical (unpaired) electrons. The third-order valence-electron chi connectivity index (χ3n) is 1.81. The minimum absolute atomic E-state index is 0.500. The molecule has 0 aliphatic heterocycles. The molecule has 1 atom stereocenters. The van der Waals surface area contributed by atoms with E-state index >= 15 is 0 Å². The van der Waals surface area contributed by atoms with Crippen molar-refractivity contribution < 1.29 is 0 Å². The van der Waals surface area contributed by atoms with Gasteiger partial charge in [-0.3, -0.25) is 0 Å². The van der Waals surface area contributed by atoms with Gasteiger partial charge in [0.1, 0.15) is 0 Å². The van der Waals surface area contributed by atoms with Crippen LogP contribution in [-0.4, -0.2) is 18.3 Å². The summed E-state index contributed by atoms with van der Waals surface area (Å²) in [6.07, 6.45) is 5.15. The average molecular weight is 240 g/mol. The van der Waals surface area contributed by atoms with E-state index in [1.165, 1.54) is 4.90 Å². The van der Waals surface area contributed by atoms with Crippen molar-refractivity contribution in [3.05, 3.63) is 29.3 Å². The average Bonchev–Trinajstić information content (AvgIpc) is 2.22. The number of benzene rings is 1. The van der Waals surface area contributed by atoms with Gasteiger partial charge in [-0.15, -0.1) is 18.2 Å². The van der Waals surface area contributed by atoms with Crippen molar-refractivity contribution >= 4 is 23.4 Å². The summed E-state index contributed by atoms with van der Waals surface area (Å²) in [6.45, 7) is 3.71. The molecule has 1 rings (SSSR count). The predicted molar refractivity (Wildman–Crippen MR) is 68.5 cm³/mol. The first-order valence-corrected chi connectivity index (χ1v) is 6.04. The van der Waals surface area contributed by atoms with Crippen molar-refractivity contribution in [1.82, 2.24) is 5.32 Å². The Labute approximate surface area is 101 Å². The number of nitrogens with one attached hydrogen (secondary N) is 1. The van der Waals surface area contributed by atoms with Crippen LogP contribution in [0.15, 0.2) is 29.2 Å². The van der Waals surface area contributed by atoms with Crippen molar-refractivity contribution in [2.24, 2.45) is 0 Å². The number of halogens is 1. The van der Waals surface area contributed by atoms with E-state index in [1.54, 1.807) is 0 Å². The van der Waals surface area contributed by atoms with Crippen LogP contribution in [0.3, 0.4) is 0 Å². The molecule has 0 aromatic heterocycles. The molecule has 1 aromatic carbocycles. The van der Waals surface area contributed by atoms with Crippen LogP contribution in [0.4, 0.5) is 0 Å². The van der Waals surface area contributed by atoms with Gasteiger partial charge in [-0.2, -0.15) is 0 Å². The number of hydrogen-bond acceptors (Lipinski definition) is 2. The van der Waals surface area contributed by atoms with Crippen LogP contribution >= 0.6 is 23.4 Å². The van der Waals surface area contributed by atoms with Gasteiger partial charge in [-0.1, -0.05) is 24.4 Å². The molecule has 15 heavy (non-hydrogen) atoms. The monoisotopic (exact) mass is 239 g/mol. The molecule has 1 aromatic rings. The summed E-state index contributed by atoms with van der Waals surface area (Å²) >= 11 is 7.62. The minimum atomic E-state index is 0.500. The van der Waals surface area contributed by atoms with Crippen molar-refractivity contribution in [2.45, 2.75) is 17.1 Å². The second kappa shape index (κ2) is 6.79. The highest BCUT2D eigenvalue weighted by atomic mass is 35.5. The maximum Gasteiger partial charge on any atom is 0.0574 e. The Morgan fingerprint density at radius 1 is 1.47 bits per heavy atom. The lowest BCUT2D eigenvalue weighted by molar-refractivity contribution is 0.748. The van der Waals surface area contributed by atoms with Gasteiger partial charge in [-0.05, 0) is 24.3 Å². The normalized spacial score (nSPS) is 12.1. The zero-order valence-electron chi connectivity index (χ0n) is 8.66. The lowest BCUT2D eigenvalue weighted by atomic mass is 10.4. The molecular formula is C12H14ClNS. The van der Waals surface area contributed by atoms with Crippen LogP contribution < -0.4 is 5.32 Å². The molecule has 0 spiro atoms. The fourth-order valence-corrected chi connectivity index (χ4v) is 2.22. The summed E-state index contributed by atoms with van der Waals surface area (Å²) in [5.74, 6) is 2.56. The van der Waals surface area contributed by atoms with Gasteiger partial charge in [-0.25, -0.2) is 0 Å². The Balaban J connectivity index is 2.34. The standard InChI is InChI=1S/C12H14ClNS/c1-3-8-14-9-10(2)15-12-6-4-11(13)5-7-12/h1,4-7,10,14H,8-9H2,2H3. The maximum atomic E-state index is 5.81. The first-order chi connectivity index (χ1) is 7.22. The Morgan fingerprint density at radius 2 is 2.13 bits per heavy atom. The Morgan fingerprint density at radius 3 is 2.73 bits per heavy atom. The molecule has 0 fully saturated rings. The predicted octanol–water partition coefficient (Wildman–Crippen LogP) is 3.04. The largest absolute Gasteiger partial charge is 0.305 e. The number of terminal acetylenes is 1. The zero-order chi connectivity index (χ0) is 11.1. The second-order valence-electron chi connectivity index (χ2n) is 3.22. The fraction of sp³-hybridized carbons (Fsp3) is 0.333. The summed E-state index contributed by atoms with van der Waals surface area (Å²) in [5.41, 5.74) is 0. The zero-order valence-corrected chi connectivity index (χ0v) is 10.2. The van der Waals surface area contributed by atoms with Crippen LogP contribution in [0.2, 0.25) is 5.02 Å². The summed E-state index contributed by atoms with van der Waals surface area (Å²) in [4.78, 5) is 1.23. The van der Waals surface area contributed by atoms with Gasteiger partial charge in [0.2, 0.25) is 0 Å². The third kappa shape index (κ3) is 5.13. The summed E-state index contributed by atoms with van der Waals surface area (Å²) < 4.78 is 0. The first-order valence-electron chi connectivity index (χ1n) is 4.79. The van der Waals surface area contributed by atoms with Gasteiger partial charge < -0.3 is 5.32 Å². The molecule has 0 saturated carbocycles. The highest BCUT2D eigenvalue weighted by Gasteiger charge is 2.03. The van der Waals surface area contributed by atoms with Gasteiger partial charge in [0.15, 0.2) is 0 Å².